The highest BCUT2D eigenvalue weighted by Crippen LogP contribution is 2.30. The Labute approximate surface area is 200 Å². The lowest BCUT2D eigenvalue weighted by atomic mass is 9.95. The molecule has 2 fully saturated rings. The molecule has 4 rings (SSSR count). The quantitative estimate of drug-likeness (QED) is 0.619. The van der Waals surface area contributed by atoms with Gasteiger partial charge in [-0.25, -0.2) is 0 Å². The van der Waals surface area contributed by atoms with Crippen molar-refractivity contribution in [3.8, 4) is 5.75 Å². The molecule has 0 aromatic heterocycles. The van der Waals surface area contributed by atoms with Gasteiger partial charge in [0.1, 0.15) is 5.75 Å². The van der Waals surface area contributed by atoms with Gasteiger partial charge in [-0.3, -0.25) is 14.4 Å². The zero-order valence-corrected chi connectivity index (χ0v) is 18.9. The van der Waals surface area contributed by atoms with Crippen LogP contribution in [0.5, 0.6) is 5.75 Å². The number of benzene rings is 2. The number of likely N-dealkylation sites (tertiary alicyclic amines) is 1. The van der Waals surface area contributed by atoms with Crippen molar-refractivity contribution in [2.24, 2.45) is 5.92 Å². The van der Waals surface area contributed by atoms with Gasteiger partial charge in [0, 0.05) is 36.3 Å². The summed E-state index contributed by atoms with van der Waals surface area (Å²) >= 11 is 0. The molecule has 1 saturated carbocycles. The van der Waals surface area contributed by atoms with Crippen LogP contribution in [-0.2, 0) is 15.8 Å². The Morgan fingerprint density at radius 2 is 1.66 bits per heavy atom. The van der Waals surface area contributed by atoms with Gasteiger partial charge in [0.2, 0.25) is 5.91 Å². The summed E-state index contributed by atoms with van der Waals surface area (Å²) in [5, 5.41) is 5.39. The van der Waals surface area contributed by atoms with Crippen molar-refractivity contribution in [3.05, 3.63) is 59.7 Å². The number of halogens is 3. The van der Waals surface area contributed by atoms with E-state index < -0.39 is 24.3 Å². The van der Waals surface area contributed by atoms with Crippen molar-refractivity contribution in [1.29, 1.82) is 0 Å². The molecule has 1 aliphatic heterocycles. The third-order valence-electron chi connectivity index (χ3n) is 6.02. The molecule has 35 heavy (non-hydrogen) atoms. The Morgan fingerprint density at radius 1 is 0.971 bits per heavy atom. The highest BCUT2D eigenvalue weighted by molar-refractivity contribution is 5.94. The van der Waals surface area contributed by atoms with Gasteiger partial charge >= 0.3 is 6.18 Å². The molecule has 2 aromatic rings. The van der Waals surface area contributed by atoms with Crippen LogP contribution in [0, 0.1) is 5.92 Å². The minimum Gasteiger partial charge on any atom is -0.484 e. The lowest BCUT2D eigenvalue weighted by Crippen LogP contribution is -2.43. The van der Waals surface area contributed by atoms with E-state index in [-0.39, 0.29) is 23.4 Å². The Balaban J connectivity index is 1.23. The molecule has 0 bridgehead atoms. The summed E-state index contributed by atoms with van der Waals surface area (Å²) in [6, 6.07) is 11.0. The summed E-state index contributed by atoms with van der Waals surface area (Å²) < 4.78 is 43.8. The number of amides is 3. The molecule has 1 heterocycles. The molecule has 3 amide bonds. The van der Waals surface area contributed by atoms with E-state index in [1.807, 2.05) is 0 Å². The first-order valence-corrected chi connectivity index (χ1v) is 11.5. The number of nitrogens with zero attached hydrogens (tertiary/aromatic N) is 1. The van der Waals surface area contributed by atoms with Crippen molar-refractivity contribution in [2.75, 3.05) is 25.0 Å². The first-order chi connectivity index (χ1) is 16.7. The van der Waals surface area contributed by atoms with Crippen LogP contribution in [0.4, 0.5) is 18.9 Å². The van der Waals surface area contributed by atoms with Gasteiger partial charge in [-0.15, -0.1) is 0 Å². The molecule has 0 radical (unpaired) electrons. The molecule has 7 nitrogen and oxygen atoms in total. The number of alkyl halides is 3. The number of carbonyl (C=O) groups excluding carboxylic acids is 3. The predicted octanol–water partition coefficient (Wildman–Crippen LogP) is 3.85. The van der Waals surface area contributed by atoms with Gasteiger partial charge in [0.15, 0.2) is 6.61 Å². The van der Waals surface area contributed by atoms with Gasteiger partial charge in [-0.1, -0.05) is 6.07 Å². The maximum atomic E-state index is 12.8. The summed E-state index contributed by atoms with van der Waals surface area (Å²) in [5.74, 6) is -0.384. The van der Waals surface area contributed by atoms with Gasteiger partial charge in [-0.05, 0) is 68.1 Å². The maximum absolute atomic E-state index is 12.8. The monoisotopic (exact) mass is 489 g/mol. The molecule has 0 unspecified atom stereocenters. The largest absolute Gasteiger partial charge is 0.484 e. The van der Waals surface area contributed by atoms with E-state index in [0.29, 0.717) is 43.3 Å². The smallest absolute Gasteiger partial charge is 0.416 e. The van der Waals surface area contributed by atoms with E-state index in [1.165, 1.54) is 12.1 Å². The second kappa shape index (κ2) is 10.4. The van der Waals surface area contributed by atoms with Gasteiger partial charge in [-0.2, -0.15) is 13.2 Å². The predicted molar refractivity (Wildman–Crippen MR) is 122 cm³/mol. The van der Waals surface area contributed by atoms with Crippen LogP contribution in [0.1, 0.15) is 41.6 Å². The van der Waals surface area contributed by atoms with Crippen LogP contribution in [0.3, 0.4) is 0 Å². The molecule has 2 aromatic carbocycles. The first kappa shape index (κ1) is 24.6. The third kappa shape index (κ3) is 6.74. The van der Waals surface area contributed by atoms with Crippen LogP contribution >= 0.6 is 0 Å². The Hall–Kier alpha value is -3.56. The summed E-state index contributed by atoms with van der Waals surface area (Å²) in [7, 11) is 0. The van der Waals surface area contributed by atoms with Crippen molar-refractivity contribution >= 4 is 23.4 Å². The Bertz CT molecular complexity index is 1080. The average Bonchev–Trinajstić information content (AvgIpc) is 3.66. The highest BCUT2D eigenvalue weighted by Gasteiger charge is 2.32. The normalized spacial score (nSPS) is 16.5. The molecule has 0 atom stereocenters. The lowest BCUT2D eigenvalue weighted by Gasteiger charge is -2.31. The van der Waals surface area contributed by atoms with E-state index >= 15 is 0 Å². The van der Waals surface area contributed by atoms with Crippen molar-refractivity contribution in [2.45, 2.75) is 37.9 Å². The standard InChI is InChI=1S/C25H26F3N3O4/c26-25(27,28)18-2-1-3-20(14-18)29-22(32)15-35-21-8-4-17(5-9-21)24(34)31-12-10-16(11-13-31)23(33)30-19-6-7-19/h1-5,8-9,14,16,19H,6-7,10-13,15H2,(H,29,32)(H,30,33). The van der Waals surface area contributed by atoms with Crippen molar-refractivity contribution in [3.63, 3.8) is 0 Å². The molecule has 2 aliphatic rings. The molecule has 0 spiro atoms. The molecule has 10 heteroatoms. The number of ether oxygens (including phenoxy) is 1. The number of nitrogens with one attached hydrogen (secondary N) is 2. The zero-order chi connectivity index (χ0) is 25.0. The van der Waals surface area contributed by atoms with E-state index in [2.05, 4.69) is 10.6 Å². The Kier molecular flexibility index (Phi) is 7.28. The molecular formula is C25H26F3N3O4. The fourth-order valence-corrected chi connectivity index (χ4v) is 3.89. The van der Waals surface area contributed by atoms with Crippen molar-refractivity contribution in [1.82, 2.24) is 10.2 Å². The van der Waals surface area contributed by atoms with Crippen molar-refractivity contribution < 1.29 is 32.3 Å². The number of hydrogen-bond acceptors (Lipinski definition) is 4. The maximum Gasteiger partial charge on any atom is 0.416 e. The van der Waals surface area contributed by atoms with Gasteiger partial charge in [0.05, 0.1) is 5.56 Å². The topological polar surface area (TPSA) is 87.7 Å². The Morgan fingerprint density at radius 3 is 2.29 bits per heavy atom. The summed E-state index contributed by atoms with van der Waals surface area (Å²) in [5.41, 5.74) is -0.378. The second-order valence-corrected chi connectivity index (χ2v) is 8.79. The highest BCUT2D eigenvalue weighted by atomic mass is 19.4. The summed E-state index contributed by atoms with van der Waals surface area (Å²) in [4.78, 5) is 38.8. The van der Waals surface area contributed by atoms with E-state index in [1.54, 1.807) is 29.2 Å². The SMILES string of the molecule is O=C(COc1ccc(C(=O)N2CCC(C(=O)NC3CC3)CC2)cc1)Nc1cccc(C(F)(F)F)c1. The van der Waals surface area contributed by atoms with Crippen LogP contribution in [0.25, 0.3) is 0 Å². The van der Waals surface area contributed by atoms with E-state index in [9.17, 15) is 27.6 Å². The average molecular weight is 489 g/mol. The zero-order valence-electron chi connectivity index (χ0n) is 18.9. The van der Waals surface area contributed by atoms with E-state index in [4.69, 9.17) is 4.74 Å². The molecule has 1 aliphatic carbocycles. The molecular weight excluding hydrogens is 463 g/mol. The lowest BCUT2D eigenvalue weighted by molar-refractivity contribution is -0.137. The van der Waals surface area contributed by atoms with E-state index in [0.717, 1.165) is 25.0 Å². The number of carbonyl (C=O) groups is 3. The fourth-order valence-electron chi connectivity index (χ4n) is 3.89. The van der Waals surface area contributed by atoms with Crippen LogP contribution < -0.4 is 15.4 Å². The summed E-state index contributed by atoms with van der Waals surface area (Å²) in [6.07, 6.45) is -1.15. The second-order valence-electron chi connectivity index (χ2n) is 8.79. The van der Waals surface area contributed by atoms with Gasteiger partial charge < -0.3 is 20.3 Å². The number of hydrogen-bond donors (Lipinski definition) is 2. The minimum absolute atomic E-state index is 0.0168. The molecule has 1 saturated heterocycles. The minimum atomic E-state index is -4.50. The van der Waals surface area contributed by atoms with Gasteiger partial charge in [0.25, 0.3) is 11.8 Å². The third-order valence-corrected chi connectivity index (χ3v) is 6.02. The molecule has 186 valence electrons. The number of piperidine rings is 1. The van der Waals surface area contributed by atoms with Crippen LogP contribution in [0.15, 0.2) is 48.5 Å². The van der Waals surface area contributed by atoms with Crippen LogP contribution in [0.2, 0.25) is 0 Å². The first-order valence-electron chi connectivity index (χ1n) is 11.5. The summed E-state index contributed by atoms with van der Waals surface area (Å²) in [6.45, 7) is 0.616. The fraction of sp³-hybridized carbons (Fsp3) is 0.400. The number of rotatable bonds is 7. The van der Waals surface area contributed by atoms with Crippen LogP contribution in [-0.4, -0.2) is 48.4 Å². The molecule has 2 N–H and O–H groups in total. The number of anilines is 1.